The van der Waals surface area contributed by atoms with Crippen molar-refractivity contribution in [3.05, 3.63) is 35.5 Å². The number of rotatable bonds is 2. The van der Waals surface area contributed by atoms with Crippen LogP contribution < -0.4 is 0 Å². The maximum Gasteiger partial charge on any atom is 0.338 e. The van der Waals surface area contributed by atoms with Crippen molar-refractivity contribution in [3.63, 3.8) is 0 Å². The maximum absolute atomic E-state index is 11.9. The van der Waals surface area contributed by atoms with Crippen molar-refractivity contribution in [3.8, 4) is 0 Å². The van der Waals surface area contributed by atoms with Gasteiger partial charge in [0.2, 0.25) is 0 Å². The van der Waals surface area contributed by atoms with Crippen molar-refractivity contribution < 1.29 is 9.90 Å². The summed E-state index contributed by atoms with van der Waals surface area (Å²) in [5, 5.41) is 10.6. The van der Waals surface area contributed by atoms with Gasteiger partial charge >= 0.3 is 5.97 Å². The molecule has 0 spiro atoms. The van der Waals surface area contributed by atoms with Gasteiger partial charge in [-0.2, -0.15) is 0 Å². The van der Waals surface area contributed by atoms with Crippen molar-refractivity contribution in [2.75, 3.05) is 19.6 Å². The number of carbonyl (C=O) groups is 1. The van der Waals surface area contributed by atoms with E-state index < -0.39 is 5.97 Å². The third-order valence-electron chi connectivity index (χ3n) is 5.37. The number of nitrogens with zero attached hydrogens (tertiary/aromatic N) is 2. The number of benzene rings is 1. The molecular formula is C17H20N2O2. The maximum atomic E-state index is 11.9. The summed E-state index contributed by atoms with van der Waals surface area (Å²) in [5.74, 6) is 0.199. The Labute approximate surface area is 124 Å². The normalized spacial score (nSPS) is 28.1. The Morgan fingerprint density at radius 1 is 1.24 bits per heavy atom. The van der Waals surface area contributed by atoms with Gasteiger partial charge in [0.25, 0.3) is 0 Å². The smallest absolute Gasteiger partial charge is 0.338 e. The topological polar surface area (TPSA) is 45.5 Å². The van der Waals surface area contributed by atoms with Gasteiger partial charge in [-0.05, 0) is 37.9 Å². The highest BCUT2D eigenvalue weighted by molar-refractivity contribution is 6.05. The Morgan fingerprint density at radius 3 is 2.57 bits per heavy atom. The summed E-state index contributed by atoms with van der Waals surface area (Å²) < 4.78 is 2.12. The van der Waals surface area contributed by atoms with Crippen LogP contribution in [0.2, 0.25) is 0 Å². The van der Waals surface area contributed by atoms with Crippen LogP contribution >= 0.6 is 0 Å². The van der Waals surface area contributed by atoms with Crippen molar-refractivity contribution >= 4 is 16.9 Å². The fraction of sp³-hybridized carbons (Fsp3) is 0.471. The van der Waals surface area contributed by atoms with Gasteiger partial charge in [-0.3, -0.25) is 0 Å². The lowest BCUT2D eigenvalue weighted by Gasteiger charge is -2.45. The number of carboxylic acid groups (broad SMARTS) is 1. The molecule has 0 aliphatic carbocycles. The number of hydrogen-bond acceptors (Lipinski definition) is 2. The van der Waals surface area contributed by atoms with Gasteiger partial charge in [0.15, 0.2) is 0 Å². The minimum absolute atomic E-state index is 0.357. The predicted molar refractivity (Wildman–Crippen MR) is 81.8 cm³/mol. The van der Waals surface area contributed by atoms with Crippen LogP contribution in [0, 0.1) is 5.92 Å². The van der Waals surface area contributed by atoms with Gasteiger partial charge in [0.05, 0.1) is 5.56 Å². The van der Waals surface area contributed by atoms with E-state index in [-0.39, 0.29) is 0 Å². The van der Waals surface area contributed by atoms with E-state index >= 15 is 0 Å². The molecule has 0 amide bonds. The van der Waals surface area contributed by atoms with Gasteiger partial charge < -0.3 is 14.6 Å². The first-order chi connectivity index (χ1) is 10.2. The molecule has 5 rings (SSSR count). The van der Waals surface area contributed by atoms with Gasteiger partial charge in [0.1, 0.15) is 0 Å². The Kier molecular flexibility index (Phi) is 2.82. The Hall–Kier alpha value is -1.81. The SMILES string of the molecule is Cn1c(C2CN3CCC2CC3)c(C(=O)O)c2ccccc21. The van der Waals surface area contributed by atoms with Crippen molar-refractivity contribution in [2.45, 2.75) is 18.8 Å². The molecule has 1 aromatic heterocycles. The summed E-state index contributed by atoms with van der Waals surface area (Å²) in [6.07, 6.45) is 2.40. The number of hydrogen-bond donors (Lipinski definition) is 1. The van der Waals surface area contributed by atoms with Crippen molar-refractivity contribution in [1.82, 2.24) is 9.47 Å². The zero-order valence-corrected chi connectivity index (χ0v) is 12.2. The average Bonchev–Trinajstić information content (AvgIpc) is 2.82. The monoisotopic (exact) mass is 284 g/mol. The van der Waals surface area contributed by atoms with Crippen LogP contribution in [0.1, 0.15) is 34.8 Å². The second kappa shape index (κ2) is 4.60. The van der Waals surface area contributed by atoms with Crippen LogP contribution in [-0.2, 0) is 7.05 Å². The molecule has 3 aliphatic rings. The molecule has 1 N–H and O–H groups in total. The Bertz CT molecular complexity index is 711. The van der Waals surface area contributed by atoms with Crippen LogP contribution in [0.15, 0.2) is 24.3 Å². The van der Waals surface area contributed by atoms with Crippen LogP contribution in [0.4, 0.5) is 0 Å². The summed E-state index contributed by atoms with van der Waals surface area (Å²) in [6, 6.07) is 7.86. The number of aryl methyl sites for hydroxylation is 1. The third-order valence-corrected chi connectivity index (χ3v) is 5.37. The summed E-state index contributed by atoms with van der Waals surface area (Å²) in [5.41, 5.74) is 2.58. The van der Waals surface area contributed by atoms with Gasteiger partial charge in [0, 0.05) is 36.1 Å². The van der Waals surface area contributed by atoms with Gasteiger partial charge in [-0.1, -0.05) is 18.2 Å². The summed E-state index contributed by atoms with van der Waals surface area (Å²) >= 11 is 0. The van der Waals surface area contributed by atoms with E-state index in [0.29, 0.717) is 17.4 Å². The number of aromatic nitrogens is 1. The zero-order valence-electron chi connectivity index (χ0n) is 12.2. The first-order valence-corrected chi connectivity index (χ1v) is 7.69. The molecule has 4 nitrogen and oxygen atoms in total. The van der Waals surface area contributed by atoms with Gasteiger partial charge in [-0.25, -0.2) is 4.79 Å². The number of fused-ring (bicyclic) bond motifs is 4. The van der Waals surface area contributed by atoms with Crippen molar-refractivity contribution in [2.24, 2.45) is 13.0 Å². The minimum atomic E-state index is -0.793. The second-order valence-corrected chi connectivity index (χ2v) is 6.39. The predicted octanol–water partition coefficient (Wildman–Crippen LogP) is 2.69. The highest BCUT2D eigenvalue weighted by atomic mass is 16.4. The summed E-state index contributed by atoms with van der Waals surface area (Å²) in [7, 11) is 2.02. The number of para-hydroxylation sites is 1. The Morgan fingerprint density at radius 2 is 1.95 bits per heavy atom. The highest BCUT2D eigenvalue weighted by Gasteiger charge is 2.39. The number of piperidine rings is 3. The number of aromatic carboxylic acids is 1. The van der Waals surface area contributed by atoms with E-state index in [9.17, 15) is 9.90 Å². The van der Waals surface area contributed by atoms with E-state index in [0.717, 1.165) is 23.1 Å². The molecule has 4 heteroatoms. The van der Waals surface area contributed by atoms with Crippen molar-refractivity contribution in [1.29, 1.82) is 0 Å². The molecule has 1 aromatic carbocycles. The lowest BCUT2D eigenvalue weighted by Crippen LogP contribution is -2.46. The molecule has 0 radical (unpaired) electrons. The molecular weight excluding hydrogens is 264 g/mol. The fourth-order valence-corrected chi connectivity index (χ4v) is 4.35. The zero-order chi connectivity index (χ0) is 14.6. The van der Waals surface area contributed by atoms with E-state index in [2.05, 4.69) is 9.47 Å². The third kappa shape index (κ3) is 1.82. The molecule has 0 saturated carbocycles. The highest BCUT2D eigenvalue weighted by Crippen LogP contribution is 2.42. The van der Waals surface area contributed by atoms with E-state index in [1.165, 1.54) is 25.9 Å². The first-order valence-electron chi connectivity index (χ1n) is 7.69. The van der Waals surface area contributed by atoms with E-state index in [1.807, 2.05) is 31.3 Å². The fourth-order valence-electron chi connectivity index (χ4n) is 4.35. The van der Waals surface area contributed by atoms with Crippen LogP contribution in [0.3, 0.4) is 0 Å². The summed E-state index contributed by atoms with van der Waals surface area (Å²) in [6.45, 7) is 3.36. The first kappa shape index (κ1) is 12.9. The van der Waals surface area contributed by atoms with Crippen LogP contribution in [-0.4, -0.2) is 40.2 Å². The average molecular weight is 284 g/mol. The molecule has 1 unspecified atom stereocenters. The molecule has 3 saturated heterocycles. The molecule has 21 heavy (non-hydrogen) atoms. The molecule has 2 aromatic rings. The molecule has 3 fully saturated rings. The molecule has 2 bridgehead atoms. The lowest BCUT2D eigenvalue weighted by atomic mass is 9.76. The minimum Gasteiger partial charge on any atom is -0.478 e. The standard InChI is InChI=1S/C17H20N2O2/c1-18-14-5-3-2-4-12(14)15(17(20)21)16(18)13-10-19-8-6-11(13)7-9-19/h2-5,11,13H,6-10H2,1H3,(H,20,21). The van der Waals surface area contributed by atoms with E-state index in [4.69, 9.17) is 0 Å². The largest absolute Gasteiger partial charge is 0.478 e. The molecule has 1 atom stereocenters. The van der Waals surface area contributed by atoms with Gasteiger partial charge in [-0.15, -0.1) is 0 Å². The molecule has 4 heterocycles. The molecule has 3 aliphatic heterocycles. The second-order valence-electron chi connectivity index (χ2n) is 6.39. The quantitative estimate of drug-likeness (QED) is 0.922. The molecule has 110 valence electrons. The van der Waals surface area contributed by atoms with Crippen LogP contribution in [0.25, 0.3) is 10.9 Å². The van der Waals surface area contributed by atoms with E-state index in [1.54, 1.807) is 0 Å². The summed E-state index contributed by atoms with van der Waals surface area (Å²) in [4.78, 5) is 14.4. The van der Waals surface area contributed by atoms with Crippen LogP contribution in [0.5, 0.6) is 0 Å². The number of carboxylic acids is 1. The lowest BCUT2D eigenvalue weighted by molar-refractivity contribution is 0.0678. The Balaban J connectivity index is 1.93.